The van der Waals surface area contributed by atoms with E-state index in [9.17, 15) is 4.79 Å². The van der Waals surface area contributed by atoms with Crippen LogP contribution < -0.4 is 15.0 Å². The van der Waals surface area contributed by atoms with Gasteiger partial charge in [-0.2, -0.15) is 9.97 Å². The van der Waals surface area contributed by atoms with Gasteiger partial charge in [-0.3, -0.25) is 9.78 Å². The van der Waals surface area contributed by atoms with E-state index < -0.39 is 0 Å². The molecule has 0 bridgehead atoms. The molecule has 8 nitrogen and oxygen atoms in total. The van der Waals surface area contributed by atoms with Crippen molar-refractivity contribution in [3.05, 3.63) is 60.2 Å². The van der Waals surface area contributed by atoms with Crippen LogP contribution in [-0.4, -0.2) is 59.0 Å². The minimum absolute atomic E-state index is 0.113. The number of nitrogens with zero attached hydrogens (tertiary/aromatic N) is 5. The highest BCUT2D eigenvalue weighted by atomic mass is 16.5. The molecule has 142 valence electrons. The summed E-state index contributed by atoms with van der Waals surface area (Å²) in [6.45, 7) is 3.23. The van der Waals surface area contributed by atoms with Crippen LogP contribution in [0.15, 0.2) is 48.8 Å². The number of ketones is 1. The Balaban J connectivity index is 1.77. The van der Waals surface area contributed by atoms with Crippen molar-refractivity contribution in [1.29, 1.82) is 0 Å². The number of hydrogen-bond acceptors (Lipinski definition) is 8. The monoisotopic (exact) mass is 376 g/mol. The van der Waals surface area contributed by atoms with Gasteiger partial charge in [0.15, 0.2) is 5.82 Å². The first kappa shape index (κ1) is 18.0. The third-order valence-corrected chi connectivity index (χ3v) is 4.50. The summed E-state index contributed by atoms with van der Waals surface area (Å²) >= 11 is 0. The quantitative estimate of drug-likeness (QED) is 0.671. The maximum atomic E-state index is 12.9. The molecule has 28 heavy (non-hydrogen) atoms. The first-order chi connectivity index (χ1) is 13.7. The Labute approximate surface area is 162 Å². The number of methoxy groups -OCH3 is 1. The van der Waals surface area contributed by atoms with Crippen molar-refractivity contribution in [1.82, 2.24) is 25.3 Å². The number of hydrogen-bond donors (Lipinski definition) is 1. The number of anilines is 1. The van der Waals surface area contributed by atoms with Crippen LogP contribution >= 0.6 is 0 Å². The zero-order chi connectivity index (χ0) is 19.3. The van der Waals surface area contributed by atoms with Gasteiger partial charge in [0.2, 0.25) is 17.6 Å². The van der Waals surface area contributed by atoms with Gasteiger partial charge in [-0.15, -0.1) is 0 Å². The van der Waals surface area contributed by atoms with E-state index in [0.717, 1.165) is 37.5 Å². The van der Waals surface area contributed by atoms with Crippen molar-refractivity contribution in [3.63, 3.8) is 0 Å². The summed E-state index contributed by atoms with van der Waals surface area (Å²) < 4.78 is 5.21. The largest absolute Gasteiger partial charge is 0.497 e. The summed E-state index contributed by atoms with van der Waals surface area (Å²) in [5.74, 6) is 1.55. The van der Waals surface area contributed by atoms with Gasteiger partial charge < -0.3 is 15.0 Å². The Morgan fingerprint density at radius 1 is 1.07 bits per heavy atom. The van der Waals surface area contributed by atoms with Gasteiger partial charge in [0.05, 0.1) is 7.11 Å². The number of carbonyl (C=O) groups excluding carboxylic acids is 1. The molecular weight excluding hydrogens is 356 g/mol. The molecule has 0 unspecified atom stereocenters. The Morgan fingerprint density at radius 3 is 2.54 bits per heavy atom. The third kappa shape index (κ3) is 3.81. The van der Waals surface area contributed by atoms with Gasteiger partial charge in [0.25, 0.3) is 0 Å². The summed E-state index contributed by atoms with van der Waals surface area (Å²) in [6.07, 6.45) is 3.14. The topological polar surface area (TPSA) is 93.1 Å². The molecule has 0 aliphatic carbocycles. The minimum Gasteiger partial charge on any atom is -0.497 e. The number of aromatic nitrogens is 4. The van der Waals surface area contributed by atoms with Crippen molar-refractivity contribution < 1.29 is 9.53 Å². The Morgan fingerprint density at radius 2 is 1.86 bits per heavy atom. The summed E-state index contributed by atoms with van der Waals surface area (Å²) in [4.78, 5) is 32.5. The van der Waals surface area contributed by atoms with Crippen LogP contribution in [0.25, 0.3) is 11.4 Å². The maximum absolute atomic E-state index is 12.9. The van der Waals surface area contributed by atoms with Crippen molar-refractivity contribution in [2.45, 2.75) is 0 Å². The molecular formula is C20H20N6O2. The normalized spacial score (nSPS) is 14.0. The first-order valence-corrected chi connectivity index (χ1v) is 9.05. The SMILES string of the molecule is COc1ccc(-c2nc(C(=O)c3cccnc3)nc(N3CCNCC3)n2)cc1. The fourth-order valence-corrected chi connectivity index (χ4v) is 2.97. The number of piperazine rings is 1. The summed E-state index contributed by atoms with van der Waals surface area (Å²) in [6, 6.07) is 10.8. The van der Waals surface area contributed by atoms with E-state index in [0.29, 0.717) is 17.3 Å². The van der Waals surface area contributed by atoms with Gasteiger partial charge >= 0.3 is 0 Å². The fraction of sp³-hybridized carbons (Fsp3) is 0.250. The smallest absolute Gasteiger partial charge is 0.231 e. The van der Waals surface area contributed by atoms with E-state index in [1.807, 2.05) is 24.3 Å². The molecule has 1 aromatic carbocycles. The van der Waals surface area contributed by atoms with Crippen LogP contribution in [0.3, 0.4) is 0 Å². The van der Waals surface area contributed by atoms with Gasteiger partial charge in [0.1, 0.15) is 5.75 Å². The summed E-state index contributed by atoms with van der Waals surface area (Å²) in [5, 5.41) is 3.30. The van der Waals surface area contributed by atoms with Crippen molar-refractivity contribution >= 4 is 11.7 Å². The minimum atomic E-state index is -0.276. The number of nitrogens with one attached hydrogen (secondary N) is 1. The van der Waals surface area contributed by atoms with Crippen LogP contribution in [0.5, 0.6) is 5.75 Å². The molecule has 0 spiro atoms. The highest BCUT2D eigenvalue weighted by Gasteiger charge is 2.20. The highest BCUT2D eigenvalue weighted by molar-refractivity contribution is 6.06. The predicted molar refractivity (Wildman–Crippen MR) is 105 cm³/mol. The molecule has 1 aliphatic heterocycles. The lowest BCUT2D eigenvalue weighted by atomic mass is 10.1. The summed E-state index contributed by atoms with van der Waals surface area (Å²) in [7, 11) is 1.62. The third-order valence-electron chi connectivity index (χ3n) is 4.50. The van der Waals surface area contributed by atoms with Crippen molar-refractivity contribution in [3.8, 4) is 17.1 Å². The molecule has 4 rings (SSSR count). The molecule has 1 aliphatic rings. The first-order valence-electron chi connectivity index (χ1n) is 9.05. The van der Waals surface area contributed by atoms with E-state index in [2.05, 4.69) is 30.2 Å². The zero-order valence-electron chi connectivity index (χ0n) is 15.5. The fourth-order valence-electron chi connectivity index (χ4n) is 2.97. The number of ether oxygens (including phenoxy) is 1. The summed E-state index contributed by atoms with van der Waals surface area (Å²) in [5.41, 5.74) is 1.24. The maximum Gasteiger partial charge on any atom is 0.231 e. The van der Waals surface area contributed by atoms with Gasteiger partial charge in [-0.05, 0) is 36.4 Å². The van der Waals surface area contributed by atoms with Crippen LogP contribution in [-0.2, 0) is 0 Å². The van der Waals surface area contributed by atoms with Crippen LogP contribution in [0.2, 0.25) is 0 Å². The zero-order valence-corrected chi connectivity index (χ0v) is 15.5. The van der Waals surface area contributed by atoms with Crippen LogP contribution in [0.1, 0.15) is 16.2 Å². The van der Waals surface area contributed by atoms with E-state index in [1.165, 1.54) is 6.20 Å². The molecule has 1 N–H and O–H groups in total. The second kappa shape index (κ2) is 8.10. The van der Waals surface area contributed by atoms with Crippen LogP contribution in [0, 0.1) is 0 Å². The Kier molecular flexibility index (Phi) is 5.20. The second-order valence-electron chi connectivity index (χ2n) is 6.32. The molecule has 3 heterocycles. The molecule has 2 aromatic heterocycles. The number of rotatable bonds is 5. The Hall–Kier alpha value is -3.39. The van der Waals surface area contributed by atoms with Gasteiger partial charge in [-0.25, -0.2) is 4.98 Å². The lowest BCUT2D eigenvalue weighted by molar-refractivity contribution is 0.102. The second-order valence-corrected chi connectivity index (χ2v) is 6.32. The van der Waals surface area contributed by atoms with E-state index >= 15 is 0 Å². The average Bonchev–Trinajstić information content (AvgIpc) is 2.79. The number of benzene rings is 1. The van der Waals surface area contributed by atoms with Crippen molar-refractivity contribution in [2.75, 3.05) is 38.2 Å². The number of carbonyl (C=O) groups is 1. The highest BCUT2D eigenvalue weighted by Crippen LogP contribution is 2.22. The number of pyridine rings is 1. The van der Waals surface area contributed by atoms with Crippen LogP contribution in [0.4, 0.5) is 5.95 Å². The lowest BCUT2D eigenvalue weighted by Gasteiger charge is -2.27. The van der Waals surface area contributed by atoms with Gasteiger partial charge in [-0.1, -0.05) is 0 Å². The molecule has 3 aromatic rings. The standard InChI is InChI=1S/C20H20N6O2/c1-28-16-6-4-14(5-7-16)18-23-19(17(27)15-3-2-8-22-13-15)25-20(24-18)26-11-9-21-10-12-26/h2-8,13,21H,9-12H2,1H3. The molecule has 0 radical (unpaired) electrons. The molecule has 0 amide bonds. The molecule has 0 saturated carbocycles. The lowest BCUT2D eigenvalue weighted by Crippen LogP contribution is -2.44. The van der Waals surface area contributed by atoms with E-state index in [1.54, 1.807) is 25.4 Å². The van der Waals surface area contributed by atoms with Gasteiger partial charge in [0, 0.05) is 49.7 Å². The predicted octanol–water partition coefficient (Wildman–Crippen LogP) is 1.58. The molecule has 1 fully saturated rings. The molecule has 0 atom stereocenters. The van der Waals surface area contributed by atoms with E-state index in [-0.39, 0.29) is 11.6 Å². The molecule has 1 saturated heterocycles. The average molecular weight is 376 g/mol. The van der Waals surface area contributed by atoms with Crippen molar-refractivity contribution in [2.24, 2.45) is 0 Å². The Bertz CT molecular complexity index is 956. The van der Waals surface area contributed by atoms with E-state index in [4.69, 9.17) is 4.74 Å². The molecule has 8 heteroatoms.